The summed E-state index contributed by atoms with van der Waals surface area (Å²) >= 11 is 1.72. The smallest absolute Gasteiger partial charge is 0.0526 e. The Kier molecular flexibility index (Phi) is 53.5. The van der Waals surface area contributed by atoms with E-state index in [2.05, 4.69) is 16.4 Å². The Morgan fingerprint density at radius 3 is 1.76 bits per heavy atom. The van der Waals surface area contributed by atoms with Crippen LogP contribution in [0, 0.1) is 0 Å². The summed E-state index contributed by atoms with van der Waals surface area (Å²) in [6, 6.07) is 4.12. The van der Waals surface area contributed by atoms with Gasteiger partial charge in [0, 0.05) is 12.4 Å². The third kappa shape index (κ3) is 10.0. The highest BCUT2D eigenvalue weighted by Gasteiger charge is 1.88. The Morgan fingerprint density at radius 1 is 0.765 bits per heavy atom. The Bertz CT molecular complexity index is 285. The van der Waals surface area contributed by atoms with Crippen LogP contribution < -0.4 is 0 Å². The molecule has 1 nitrogen and oxygen atoms in total. The van der Waals surface area contributed by atoms with Crippen molar-refractivity contribution in [1.82, 2.24) is 4.98 Å². The van der Waals surface area contributed by atoms with Crippen molar-refractivity contribution >= 4 is 21.4 Å². The molecule has 0 aliphatic carbocycles. The molecule has 108 valence electrons. The largest absolute Gasteiger partial charge is 0.263 e. The van der Waals surface area contributed by atoms with Gasteiger partial charge in [-0.3, -0.25) is 4.98 Å². The number of hydrogen-bond acceptors (Lipinski definition) is 2. The zero-order valence-corrected chi connectivity index (χ0v) is 5.56. The average molecular weight is 264 g/mol. The van der Waals surface area contributed by atoms with Crippen LogP contribution >= 0.6 is 11.3 Å². The van der Waals surface area contributed by atoms with E-state index in [0.29, 0.717) is 0 Å². The van der Waals surface area contributed by atoms with Crippen LogP contribution in [0.1, 0.15) is 59.4 Å². The molecule has 0 spiro atoms. The van der Waals surface area contributed by atoms with E-state index in [-0.39, 0.29) is 59.4 Å². The molecule has 0 amide bonds. The predicted octanol–water partition coefficient (Wildman–Crippen LogP) is 7.39. The van der Waals surface area contributed by atoms with Gasteiger partial charge in [-0.25, -0.2) is 0 Å². The number of hydrogen-bond donors (Lipinski definition) is 0. The molecule has 0 saturated heterocycles. The van der Waals surface area contributed by atoms with Crippen LogP contribution in [-0.4, -0.2) is 4.98 Å². The molecule has 2 heteroatoms. The maximum Gasteiger partial charge on any atom is 0.0526 e. The first kappa shape index (κ1) is 44.3. The summed E-state index contributed by atoms with van der Waals surface area (Å²) in [5, 5.41) is 3.36. The molecule has 2 aromatic rings. The van der Waals surface area contributed by atoms with E-state index in [4.69, 9.17) is 0 Å². The Hall–Kier alpha value is -0.890. The van der Waals surface area contributed by atoms with Gasteiger partial charge in [0.25, 0.3) is 0 Å². The van der Waals surface area contributed by atoms with Gasteiger partial charge in [0.05, 0.1) is 4.70 Å². The molecule has 0 saturated carbocycles. The third-order valence-electron chi connectivity index (χ3n) is 1.26. The van der Waals surface area contributed by atoms with Crippen LogP contribution in [0.5, 0.6) is 0 Å². The Labute approximate surface area is 116 Å². The number of thiophene rings is 1. The van der Waals surface area contributed by atoms with Crippen LogP contribution in [0.25, 0.3) is 10.1 Å². The Morgan fingerprint density at radius 2 is 1.29 bits per heavy atom. The molecule has 17 heavy (non-hydrogen) atoms. The molecule has 0 aliphatic rings. The number of aromatic nitrogens is 1. The maximum atomic E-state index is 4.00. The third-order valence-corrected chi connectivity index (χ3v) is 2.13. The Balaban J connectivity index is -0.0000000250. The van der Waals surface area contributed by atoms with Gasteiger partial charge in [-0.2, -0.15) is 0 Å². The summed E-state index contributed by atoms with van der Waals surface area (Å²) in [5.41, 5.74) is 0. The van der Waals surface area contributed by atoms with Crippen LogP contribution in [0.3, 0.4) is 0 Å². The van der Waals surface area contributed by atoms with Gasteiger partial charge in [0.15, 0.2) is 0 Å². The van der Waals surface area contributed by atoms with Crippen molar-refractivity contribution in [2.75, 3.05) is 0 Å². The lowest BCUT2D eigenvalue weighted by molar-refractivity contribution is 1.37. The molecule has 0 fully saturated rings. The quantitative estimate of drug-likeness (QED) is 0.483. The number of fused-ring (bicyclic) bond motifs is 1. The minimum atomic E-state index is 0. The molecule has 0 aromatic carbocycles. The number of pyridine rings is 1. The van der Waals surface area contributed by atoms with Gasteiger partial charge in [-0.1, -0.05) is 59.4 Å². The van der Waals surface area contributed by atoms with Crippen LogP contribution in [0.4, 0.5) is 0 Å². The molecule has 2 aromatic heterocycles. The van der Waals surface area contributed by atoms with Gasteiger partial charge in [-0.05, 0) is 22.9 Å². The predicted molar refractivity (Wildman–Crippen MR) is 93.5 cm³/mol. The van der Waals surface area contributed by atoms with Gasteiger partial charge >= 0.3 is 0 Å². The maximum absolute atomic E-state index is 4.00. The highest BCUT2D eigenvalue weighted by atomic mass is 32.1. The van der Waals surface area contributed by atoms with E-state index in [1.807, 2.05) is 18.5 Å². The fourth-order valence-corrected chi connectivity index (χ4v) is 1.56. The van der Waals surface area contributed by atoms with Crippen molar-refractivity contribution in [3.63, 3.8) is 0 Å². The normalized spacial score (nSPS) is 5.41. The molecule has 0 N–H and O–H groups in total. The minimum Gasteiger partial charge on any atom is -0.263 e. The highest BCUT2D eigenvalue weighted by molar-refractivity contribution is 7.17. The summed E-state index contributed by atoms with van der Waals surface area (Å²) in [6.45, 7) is 0. The van der Waals surface area contributed by atoms with E-state index in [9.17, 15) is 0 Å². The SMILES string of the molecule is C.C.C.C.C.C.C.C.c1cc2ccsc2cn1. The van der Waals surface area contributed by atoms with Gasteiger partial charge in [0.1, 0.15) is 0 Å². The monoisotopic (exact) mass is 263 g/mol. The topological polar surface area (TPSA) is 12.9 Å². The van der Waals surface area contributed by atoms with Gasteiger partial charge in [-0.15, -0.1) is 11.3 Å². The van der Waals surface area contributed by atoms with Crippen molar-refractivity contribution in [1.29, 1.82) is 0 Å². The summed E-state index contributed by atoms with van der Waals surface area (Å²) in [7, 11) is 0. The summed E-state index contributed by atoms with van der Waals surface area (Å²) in [5.74, 6) is 0. The summed E-state index contributed by atoms with van der Waals surface area (Å²) in [6.07, 6.45) is 3.70. The van der Waals surface area contributed by atoms with Crippen LogP contribution in [0.15, 0.2) is 29.9 Å². The van der Waals surface area contributed by atoms with Crippen molar-refractivity contribution in [2.45, 2.75) is 59.4 Å². The fraction of sp³-hybridized carbons (Fsp3) is 0.533. The second kappa shape index (κ2) is 20.5. The molecule has 0 unspecified atom stereocenters. The van der Waals surface area contributed by atoms with E-state index in [1.165, 1.54) is 10.1 Å². The van der Waals surface area contributed by atoms with Crippen molar-refractivity contribution < 1.29 is 0 Å². The van der Waals surface area contributed by atoms with Crippen LogP contribution in [0.2, 0.25) is 0 Å². The van der Waals surface area contributed by atoms with Crippen molar-refractivity contribution in [2.24, 2.45) is 0 Å². The highest BCUT2D eigenvalue weighted by Crippen LogP contribution is 2.17. The summed E-state index contributed by atoms with van der Waals surface area (Å²) < 4.78 is 1.26. The first-order valence-electron chi connectivity index (χ1n) is 2.74. The van der Waals surface area contributed by atoms with Crippen molar-refractivity contribution in [3.8, 4) is 0 Å². The van der Waals surface area contributed by atoms with Gasteiger partial charge in [0.2, 0.25) is 0 Å². The summed E-state index contributed by atoms with van der Waals surface area (Å²) in [4.78, 5) is 4.00. The lowest BCUT2D eigenvalue weighted by atomic mass is 10.3. The molecule has 0 atom stereocenters. The van der Waals surface area contributed by atoms with Gasteiger partial charge < -0.3 is 0 Å². The fourth-order valence-electron chi connectivity index (χ4n) is 0.808. The first-order valence-corrected chi connectivity index (χ1v) is 3.62. The molecule has 2 heterocycles. The van der Waals surface area contributed by atoms with E-state index in [1.54, 1.807) is 11.3 Å². The molecular formula is C15H37NS. The second-order valence-electron chi connectivity index (χ2n) is 1.83. The zero-order chi connectivity index (χ0) is 6.10. The zero-order valence-electron chi connectivity index (χ0n) is 4.74. The first-order chi connectivity index (χ1) is 4.47. The number of rotatable bonds is 0. The second-order valence-corrected chi connectivity index (χ2v) is 2.78. The number of nitrogens with zero attached hydrogens (tertiary/aromatic N) is 1. The molecule has 0 bridgehead atoms. The molecular weight excluding hydrogens is 226 g/mol. The minimum absolute atomic E-state index is 0. The molecule has 2 rings (SSSR count). The molecule has 0 radical (unpaired) electrons. The lowest BCUT2D eigenvalue weighted by Gasteiger charge is -1.81. The van der Waals surface area contributed by atoms with E-state index < -0.39 is 0 Å². The van der Waals surface area contributed by atoms with E-state index in [0.717, 1.165) is 0 Å². The van der Waals surface area contributed by atoms with Crippen molar-refractivity contribution in [3.05, 3.63) is 29.9 Å². The van der Waals surface area contributed by atoms with E-state index >= 15 is 0 Å². The lowest BCUT2D eigenvalue weighted by Crippen LogP contribution is -1.64. The average Bonchev–Trinajstić information content (AvgIpc) is 2.33. The van der Waals surface area contributed by atoms with Crippen LogP contribution in [-0.2, 0) is 0 Å². The standard InChI is InChI=1S/C7H5NS.8CH4/c1-3-8-5-7-6(1)2-4-9-7;;;;;;;;/h1-5H;8*1H4. The molecule has 0 aliphatic heterocycles.